The van der Waals surface area contributed by atoms with Crippen molar-refractivity contribution in [2.24, 2.45) is 0 Å². The van der Waals surface area contributed by atoms with Crippen LogP contribution < -0.4 is 0 Å². The van der Waals surface area contributed by atoms with E-state index in [0.29, 0.717) is 17.0 Å². The lowest BCUT2D eigenvalue weighted by Gasteiger charge is -2.10. The van der Waals surface area contributed by atoms with Gasteiger partial charge in [-0.1, -0.05) is 103 Å². The predicted molar refractivity (Wildman–Crippen MR) is 166 cm³/mol. The van der Waals surface area contributed by atoms with Crippen LogP contribution in [0.15, 0.2) is 140 Å². The summed E-state index contributed by atoms with van der Waals surface area (Å²) in [6, 6.07) is 44.4. The molecule has 0 aliphatic heterocycles. The van der Waals surface area contributed by atoms with Crippen LogP contribution in [0, 0.1) is 0 Å². The lowest BCUT2D eigenvalue weighted by Crippen LogP contribution is -1.98. The molecule has 5 heteroatoms. The molecule has 0 spiro atoms. The van der Waals surface area contributed by atoms with Crippen molar-refractivity contribution in [3.05, 3.63) is 140 Å². The Morgan fingerprint density at radius 1 is 0.439 bits per heavy atom. The molecule has 3 heterocycles. The molecule has 5 nitrogen and oxygen atoms in total. The van der Waals surface area contributed by atoms with Crippen LogP contribution in [-0.4, -0.2) is 24.5 Å². The topological polar surface area (TPSA) is 56.5 Å². The highest BCUT2D eigenvalue weighted by Gasteiger charge is 2.14. The zero-order valence-corrected chi connectivity index (χ0v) is 22.0. The quantitative estimate of drug-likeness (QED) is 0.231. The van der Waals surface area contributed by atoms with Gasteiger partial charge < -0.3 is 4.57 Å². The summed E-state index contributed by atoms with van der Waals surface area (Å²) in [5.74, 6) is 0.637. The van der Waals surface area contributed by atoms with Gasteiger partial charge >= 0.3 is 0 Å². The molecule has 8 rings (SSSR count). The Hall–Kier alpha value is -5.68. The van der Waals surface area contributed by atoms with Crippen LogP contribution in [0.4, 0.5) is 0 Å². The highest BCUT2D eigenvalue weighted by molar-refractivity contribution is 6.09. The van der Waals surface area contributed by atoms with Crippen molar-refractivity contribution in [1.82, 2.24) is 24.5 Å². The van der Waals surface area contributed by atoms with Crippen LogP contribution in [0.25, 0.3) is 72.4 Å². The third-order valence-electron chi connectivity index (χ3n) is 7.56. The molecule has 41 heavy (non-hydrogen) atoms. The molecule has 0 saturated heterocycles. The Bertz CT molecular complexity index is 2130. The van der Waals surface area contributed by atoms with Crippen LogP contribution in [0.1, 0.15) is 0 Å². The average molecular weight is 526 g/mol. The van der Waals surface area contributed by atoms with E-state index < -0.39 is 0 Å². The van der Waals surface area contributed by atoms with E-state index in [-0.39, 0.29) is 0 Å². The van der Waals surface area contributed by atoms with Crippen molar-refractivity contribution in [2.45, 2.75) is 0 Å². The second kappa shape index (κ2) is 9.50. The molecule has 8 aromatic rings. The fourth-order valence-corrected chi connectivity index (χ4v) is 5.61. The van der Waals surface area contributed by atoms with Gasteiger partial charge in [-0.3, -0.25) is 0 Å². The van der Waals surface area contributed by atoms with Gasteiger partial charge in [0.25, 0.3) is 0 Å². The summed E-state index contributed by atoms with van der Waals surface area (Å²) in [6.45, 7) is 0. The minimum atomic E-state index is 0.584. The van der Waals surface area contributed by atoms with Crippen molar-refractivity contribution >= 4 is 33.0 Å². The Morgan fingerprint density at radius 2 is 1.00 bits per heavy atom. The lowest BCUT2D eigenvalue weighted by atomic mass is 10.0. The summed E-state index contributed by atoms with van der Waals surface area (Å²) in [5, 5.41) is 2.53. The molecule has 0 atom stereocenters. The monoisotopic (exact) mass is 525 g/mol. The molecule has 192 valence electrons. The molecule has 3 aromatic heterocycles. The van der Waals surface area contributed by atoms with Gasteiger partial charge in [-0.05, 0) is 35.4 Å². The van der Waals surface area contributed by atoms with Crippen molar-refractivity contribution in [3.63, 3.8) is 0 Å². The van der Waals surface area contributed by atoms with Gasteiger partial charge in [0.15, 0.2) is 11.5 Å². The fraction of sp³-hybridized carbons (Fsp3) is 0. The van der Waals surface area contributed by atoms with E-state index in [1.165, 1.54) is 21.8 Å². The van der Waals surface area contributed by atoms with E-state index in [0.717, 1.165) is 33.6 Å². The molecule has 0 amide bonds. The van der Waals surface area contributed by atoms with Crippen LogP contribution in [0.5, 0.6) is 0 Å². The Kier molecular flexibility index (Phi) is 5.38. The van der Waals surface area contributed by atoms with E-state index in [2.05, 4.69) is 117 Å². The largest absolute Gasteiger partial charge is 0.309 e. The fourth-order valence-electron chi connectivity index (χ4n) is 5.61. The molecule has 0 aliphatic carbocycles. The van der Waals surface area contributed by atoms with Crippen molar-refractivity contribution in [3.8, 4) is 39.5 Å². The zero-order valence-electron chi connectivity index (χ0n) is 22.0. The molecule has 0 bridgehead atoms. The summed E-state index contributed by atoms with van der Waals surface area (Å²) in [5.41, 5.74) is 9.81. The number of aromatic nitrogens is 5. The van der Waals surface area contributed by atoms with Crippen LogP contribution in [0.2, 0.25) is 0 Å². The van der Waals surface area contributed by atoms with Crippen LogP contribution >= 0.6 is 0 Å². The third-order valence-corrected chi connectivity index (χ3v) is 7.56. The smallest absolute Gasteiger partial charge is 0.182 e. The molecule has 0 radical (unpaired) electrons. The molecule has 0 N–H and O–H groups in total. The van der Waals surface area contributed by atoms with Gasteiger partial charge in [0.2, 0.25) is 0 Å². The Balaban J connectivity index is 1.17. The standard InChI is InChI=1S/C36H23N5/c1-2-8-27(9-3-1)35-39-33(34-36(40-35)38-23-22-37-34)26-16-14-24(15-17-26)25-18-20-28(21-19-25)41-31-12-6-4-10-29(31)30-11-5-7-13-32(30)41/h1-23H. The number of hydrogen-bond donors (Lipinski definition) is 0. The number of hydrogen-bond acceptors (Lipinski definition) is 4. The van der Waals surface area contributed by atoms with E-state index in [4.69, 9.17) is 4.98 Å². The summed E-state index contributed by atoms with van der Waals surface area (Å²) >= 11 is 0. The average Bonchev–Trinajstić information content (AvgIpc) is 3.39. The number of benzene rings is 5. The first-order valence-corrected chi connectivity index (χ1v) is 13.6. The molecular weight excluding hydrogens is 502 g/mol. The third kappa shape index (κ3) is 3.95. The number of fused-ring (bicyclic) bond motifs is 4. The highest BCUT2D eigenvalue weighted by atomic mass is 15.0. The second-order valence-corrected chi connectivity index (χ2v) is 9.98. The van der Waals surface area contributed by atoms with Crippen molar-refractivity contribution < 1.29 is 0 Å². The van der Waals surface area contributed by atoms with Gasteiger partial charge in [0.1, 0.15) is 11.2 Å². The minimum Gasteiger partial charge on any atom is -0.309 e. The molecule has 0 aliphatic rings. The van der Waals surface area contributed by atoms with E-state index in [1.54, 1.807) is 12.4 Å². The van der Waals surface area contributed by atoms with E-state index >= 15 is 0 Å². The van der Waals surface area contributed by atoms with Gasteiger partial charge in [-0.15, -0.1) is 0 Å². The van der Waals surface area contributed by atoms with Gasteiger partial charge in [-0.2, -0.15) is 0 Å². The Morgan fingerprint density at radius 3 is 1.68 bits per heavy atom. The van der Waals surface area contributed by atoms with Gasteiger partial charge in [0.05, 0.1) is 11.0 Å². The van der Waals surface area contributed by atoms with Crippen molar-refractivity contribution in [2.75, 3.05) is 0 Å². The molecule has 0 fully saturated rings. The summed E-state index contributed by atoms with van der Waals surface area (Å²) in [7, 11) is 0. The minimum absolute atomic E-state index is 0.584. The number of para-hydroxylation sites is 2. The van der Waals surface area contributed by atoms with Gasteiger partial charge in [-0.25, -0.2) is 19.9 Å². The lowest BCUT2D eigenvalue weighted by molar-refractivity contribution is 1.16. The Labute approximate surface area is 236 Å². The van der Waals surface area contributed by atoms with Gasteiger partial charge in [0, 0.05) is 40.0 Å². The first kappa shape index (κ1) is 23.2. The molecule has 5 aromatic carbocycles. The number of rotatable bonds is 4. The van der Waals surface area contributed by atoms with Crippen molar-refractivity contribution in [1.29, 1.82) is 0 Å². The summed E-state index contributed by atoms with van der Waals surface area (Å²) in [4.78, 5) is 18.6. The number of nitrogens with zero attached hydrogens (tertiary/aromatic N) is 5. The van der Waals surface area contributed by atoms with Crippen LogP contribution in [0.3, 0.4) is 0 Å². The van der Waals surface area contributed by atoms with E-state index in [9.17, 15) is 0 Å². The maximum absolute atomic E-state index is 4.92. The highest BCUT2D eigenvalue weighted by Crippen LogP contribution is 2.33. The molecular formula is C36H23N5. The first-order chi connectivity index (χ1) is 20.3. The second-order valence-electron chi connectivity index (χ2n) is 9.98. The molecule has 0 saturated carbocycles. The maximum atomic E-state index is 4.92. The summed E-state index contributed by atoms with van der Waals surface area (Å²) in [6.07, 6.45) is 3.35. The maximum Gasteiger partial charge on any atom is 0.182 e. The zero-order chi connectivity index (χ0) is 27.2. The van der Waals surface area contributed by atoms with E-state index in [1.807, 2.05) is 30.3 Å². The van der Waals surface area contributed by atoms with Crippen LogP contribution in [-0.2, 0) is 0 Å². The predicted octanol–water partition coefficient (Wildman–Crippen LogP) is 8.52. The SMILES string of the molecule is c1ccc(-c2nc(-c3ccc(-c4ccc(-n5c6ccccc6c6ccccc65)cc4)cc3)c3nccnc3n2)cc1. The summed E-state index contributed by atoms with van der Waals surface area (Å²) < 4.78 is 2.34. The first-order valence-electron chi connectivity index (χ1n) is 13.6. The molecule has 0 unspecified atom stereocenters. The normalized spacial score (nSPS) is 11.4.